The molecule has 0 aliphatic carbocycles. The maximum Gasteiger partial charge on any atom is 0.189 e. The Balaban J connectivity index is 0.00000192. The van der Waals surface area contributed by atoms with Gasteiger partial charge in [-0.1, -0.05) is 78.9 Å². The molecular weight excluding hydrogens is 306 g/mol. The number of benzene rings is 3. The van der Waals surface area contributed by atoms with Crippen molar-refractivity contribution in [3.63, 3.8) is 0 Å². The van der Waals surface area contributed by atoms with Crippen LogP contribution >= 0.6 is 12.4 Å². The third-order valence-electron chi connectivity index (χ3n) is 3.54. The fraction of sp³-hybridized carbons (Fsp3) is 0.0500. The molecule has 0 amide bonds. The van der Waals surface area contributed by atoms with Crippen molar-refractivity contribution < 1.29 is 4.79 Å². The zero-order valence-electron chi connectivity index (χ0n) is 12.6. The molecule has 1 N–H and O–H groups in total. The first-order valence-corrected chi connectivity index (χ1v) is 7.30. The summed E-state index contributed by atoms with van der Waals surface area (Å²) in [5.74, 6) is 0.0654. The van der Waals surface area contributed by atoms with Crippen LogP contribution in [0.1, 0.15) is 22.0 Å². The fourth-order valence-electron chi connectivity index (χ4n) is 2.42. The Morgan fingerprint density at radius 3 is 1.74 bits per heavy atom. The SMILES string of the molecule is Cl.O=C(c1ccccc1)C(Nc1ccccc1)c1ccccc1. The number of carbonyl (C=O) groups excluding carboxylic acids is 1. The third-order valence-corrected chi connectivity index (χ3v) is 3.54. The van der Waals surface area contributed by atoms with Gasteiger partial charge in [-0.2, -0.15) is 0 Å². The molecule has 1 unspecified atom stereocenters. The summed E-state index contributed by atoms with van der Waals surface area (Å²) in [7, 11) is 0. The van der Waals surface area contributed by atoms with E-state index in [-0.39, 0.29) is 18.2 Å². The lowest BCUT2D eigenvalue weighted by Gasteiger charge is -2.19. The van der Waals surface area contributed by atoms with Gasteiger partial charge in [0.25, 0.3) is 0 Å². The number of carbonyl (C=O) groups is 1. The first-order chi connectivity index (χ1) is 10.8. The van der Waals surface area contributed by atoms with Crippen LogP contribution in [0.15, 0.2) is 91.0 Å². The predicted molar refractivity (Wildman–Crippen MR) is 97.3 cm³/mol. The molecule has 0 saturated carbocycles. The van der Waals surface area contributed by atoms with Gasteiger partial charge in [-0.25, -0.2) is 0 Å². The number of Topliss-reactive ketones (excluding diaryl/α,β-unsaturated/α-hetero) is 1. The molecule has 0 bridgehead atoms. The average molecular weight is 324 g/mol. The summed E-state index contributed by atoms with van der Waals surface area (Å²) in [6.07, 6.45) is 0. The number of ketones is 1. The van der Waals surface area contributed by atoms with E-state index in [9.17, 15) is 4.79 Å². The topological polar surface area (TPSA) is 29.1 Å². The van der Waals surface area contributed by atoms with Crippen molar-refractivity contribution in [1.82, 2.24) is 0 Å². The monoisotopic (exact) mass is 323 g/mol. The van der Waals surface area contributed by atoms with Gasteiger partial charge < -0.3 is 5.32 Å². The number of nitrogens with one attached hydrogen (secondary N) is 1. The van der Waals surface area contributed by atoms with Crippen LogP contribution in [-0.2, 0) is 0 Å². The van der Waals surface area contributed by atoms with Crippen LogP contribution in [0.2, 0.25) is 0 Å². The second-order valence-corrected chi connectivity index (χ2v) is 5.08. The lowest BCUT2D eigenvalue weighted by molar-refractivity contribution is 0.0969. The largest absolute Gasteiger partial charge is 0.371 e. The fourth-order valence-corrected chi connectivity index (χ4v) is 2.42. The summed E-state index contributed by atoms with van der Waals surface area (Å²) in [5.41, 5.74) is 2.60. The number of rotatable bonds is 5. The Morgan fingerprint density at radius 2 is 1.17 bits per heavy atom. The number of halogens is 1. The zero-order valence-corrected chi connectivity index (χ0v) is 13.4. The Hall–Kier alpha value is -2.58. The van der Waals surface area contributed by atoms with E-state index in [0.717, 1.165) is 11.3 Å². The first kappa shape index (κ1) is 16.8. The number of hydrogen-bond donors (Lipinski definition) is 1. The van der Waals surface area contributed by atoms with Crippen molar-refractivity contribution >= 4 is 23.9 Å². The summed E-state index contributed by atoms with van der Waals surface area (Å²) in [4.78, 5) is 12.9. The quantitative estimate of drug-likeness (QED) is 0.658. The van der Waals surface area contributed by atoms with Crippen molar-refractivity contribution in [3.8, 4) is 0 Å². The molecule has 3 aromatic carbocycles. The van der Waals surface area contributed by atoms with E-state index in [1.165, 1.54) is 0 Å². The number of para-hydroxylation sites is 1. The summed E-state index contributed by atoms with van der Waals surface area (Å²) in [6.45, 7) is 0. The maximum absolute atomic E-state index is 12.9. The van der Waals surface area contributed by atoms with Crippen molar-refractivity contribution in [2.24, 2.45) is 0 Å². The van der Waals surface area contributed by atoms with Gasteiger partial charge in [-0.3, -0.25) is 4.79 Å². The molecule has 0 aliphatic rings. The van der Waals surface area contributed by atoms with E-state index < -0.39 is 6.04 Å². The molecule has 116 valence electrons. The Bertz CT molecular complexity index is 729. The third kappa shape index (κ3) is 4.21. The number of anilines is 1. The zero-order chi connectivity index (χ0) is 15.2. The van der Waals surface area contributed by atoms with Gasteiger partial charge in [-0.15, -0.1) is 12.4 Å². The molecule has 0 radical (unpaired) electrons. The summed E-state index contributed by atoms with van der Waals surface area (Å²) < 4.78 is 0. The van der Waals surface area contributed by atoms with Crippen LogP contribution in [-0.4, -0.2) is 5.78 Å². The van der Waals surface area contributed by atoms with E-state index in [0.29, 0.717) is 5.56 Å². The van der Waals surface area contributed by atoms with Crippen molar-refractivity contribution in [2.75, 3.05) is 5.32 Å². The van der Waals surface area contributed by atoms with Crippen molar-refractivity contribution in [2.45, 2.75) is 6.04 Å². The Kier molecular flexibility index (Phi) is 5.95. The van der Waals surface area contributed by atoms with Gasteiger partial charge in [0, 0.05) is 11.3 Å². The molecule has 2 nitrogen and oxygen atoms in total. The smallest absolute Gasteiger partial charge is 0.189 e. The van der Waals surface area contributed by atoms with E-state index in [1.807, 2.05) is 91.0 Å². The minimum Gasteiger partial charge on any atom is -0.371 e. The molecule has 0 fully saturated rings. The highest BCUT2D eigenvalue weighted by Crippen LogP contribution is 2.23. The minimum absolute atomic E-state index is 0. The standard InChI is InChI=1S/C20H17NO.ClH/c22-20(17-12-6-2-7-13-17)19(16-10-4-1-5-11-16)21-18-14-8-3-9-15-18;/h1-15,19,21H;1H. The highest BCUT2D eigenvalue weighted by Gasteiger charge is 2.21. The second kappa shape index (κ2) is 8.16. The Labute approximate surface area is 142 Å². The lowest BCUT2D eigenvalue weighted by atomic mass is 9.97. The molecule has 3 aromatic rings. The van der Waals surface area contributed by atoms with Crippen LogP contribution in [0.5, 0.6) is 0 Å². The van der Waals surface area contributed by atoms with Gasteiger partial charge in [0.1, 0.15) is 6.04 Å². The van der Waals surface area contributed by atoms with Crippen LogP contribution in [0, 0.1) is 0 Å². The van der Waals surface area contributed by atoms with Gasteiger partial charge in [-0.05, 0) is 17.7 Å². The van der Waals surface area contributed by atoms with E-state index in [4.69, 9.17) is 0 Å². The molecule has 0 aromatic heterocycles. The first-order valence-electron chi connectivity index (χ1n) is 7.30. The molecular formula is C20H18ClNO. The molecule has 0 aliphatic heterocycles. The minimum atomic E-state index is -0.397. The summed E-state index contributed by atoms with van der Waals surface area (Å²) >= 11 is 0. The predicted octanol–water partition coefficient (Wildman–Crippen LogP) is 5.14. The van der Waals surface area contributed by atoms with Gasteiger partial charge >= 0.3 is 0 Å². The van der Waals surface area contributed by atoms with Crippen LogP contribution in [0.4, 0.5) is 5.69 Å². The van der Waals surface area contributed by atoms with Crippen LogP contribution in [0.25, 0.3) is 0 Å². The lowest BCUT2D eigenvalue weighted by Crippen LogP contribution is -2.21. The van der Waals surface area contributed by atoms with Crippen molar-refractivity contribution in [1.29, 1.82) is 0 Å². The van der Waals surface area contributed by atoms with E-state index >= 15 is 0 Å². The molecule has 0 saturated heterocycles. The second-order valence-electron chi connectivity index (χ2n) is 5.08. The molecule has 0 heterocycles. The normalized spacial score (nSPS) is 11.1. The number of hydrogen-bond acceptors (Lipinski definition) is 2. The molecule has 3 rings (SSSR count). The summed E-state index contributed by atoms with van der Waals surface area (Å²) in [5, 5.41) is 3.34. The highest BCUT2D eigenvalue weighted by atomic mass is 35.5. The van der Waals surface area contributed by atoms with Crippen LogP contribution < -0.4 is 5.32 Å². The van der Waals surface area contributed by atoms with Gasteiger partial charge in [0.15, 0.2) is 5.78 Å². The average Bonchev–Trinajstić information content (AvgIpc) is 2.61. The van der Waals surface area contributed by atoms with E-state index in [1.54, 1.807) is 0 Å². The van der Waals surface area contributed by atoms with Crippen molar-refractivity contribution in [3.05, 3.63) is 102 Å². The molecule has 3 heteroatoms. The molecule has 0 spiro atoms. The molecule has 1 atom stereocenters. The van der Waals surface area contributed by atoms with Gasteiger partial charge in [0.2, 0.25) is 0 Å². The molecule has 23 heavy (non-hydrogen) atoms. The summed E-state index contributed by atoms with van der Waals surface area (Å²) in [6, 6.07) is 28.6. The van der Waals surface area contributed by atoms with Gasteiger partial charge in [0.05, 0.1) is 0 Å². The highest BCUT2D eigenvalue weighted by molar-refractivity contribution is 6.02. The Morgan fingerprint density at radius 1 is 0.696 bits per heavy atom. The van der Waals surface area contributed by atoms with Crippen LogP contribution in [0.3, 0.4) is 0 Å². The van der Waals surface area contributed by atoms with E-state index in [2.05, 4.69) is 5.32 Å². The maximum atomic E-state index is 12.9.